The third-order valence-electron chi connectivity index (χ3n) is 2.16. The zero-order valence-corrected chi connectivity index (χ0v) is 9.79. The number of nitrogen functional groups attached to an aromatic ring is 1. The number of rotatable bonds is 0. The normalized spacial score (nSPS) is 11.0. The van der Waals surface area contributed by atoms with Crippen molar-refractivity contribution in [3.63, 3.8) is 0 Å². The second kappa shape index (κ2) is 2.96. The van der Waals surface area contributed by atoms with E-state index in [4.69, 9.17) is 5.73 Å². The molecule has 0 atom stereocenters. The maximum absolute atomic E-state index is 5.91. The minimum absolute atomic E-state index is 0.852. The second-order valence-corrected chi connectivity index (χ2v) is 5.35. The molecule has 1 heterocycles. The van der Waals surface area contributed by atoms with Gasteiger partial charge < -0.3 is 5.73 Å². The van der Waals surface area contributed by atoms with Crippen molar-refractivity contribution in [1.82, 2.24) is 4.98 Å². The van der Waals surface area contributed by atoms with Gasteiger partial charge in [-0.3, -0.25) is 0 Å². The van der Waals surface area contributed by atoms with Gasteiger partial charge in [0.25, 0.3) is 0 Å². The summed E-state index contributed by atoms with van der Waals surface area (Å²) in [4.78, 5) is 4.37. The summed E-state index contributed by atoms with van der Waals surface area (Å²) in [6.07, 6.45) is 0. The van der Waals surface area contributed by atoms with Crippen LogP contribution in [-0.4, -0.2) is 4.98 Å². The van der Waals surface area contributed by atoms with E-state index in [1.165, 1.54) is 4.70 Å². The van der Waals surface area contributed by atoms with Crippen LogP contribution >= 0.6 is 27.3 Å². The highest BCUT2D eigenvalue weighted by Gasteiger charge is 2.08. The summed E-state index contributed by atoms with van der Waals surface area (Å²) >= 11 is 5.01. The fourth-order valence-corrected chi connectivity index (χ4v) is 2.92. The number of nitrogens with two attached hydrogens (primary N) is 1. The van der Waals surface area contributed by atoms with Crippen molar-refractivity contribution < 1.29 is 0 Å². The maximum atomic E-state index is 5.91. The molecule has 0 aliphatic heterocycles. The number of thiazole rings is 1. The van der Waals surface area contributed by atoms with E-state index in [0.717, 1.165) is 26.2 Å². The van der Waals surface area contributed by atoms with Gasteiger partial charge in [0.2, 0.25) is 0 Å². The summed E-state index contributed by atoms with van der Waals surface area (Å²) in [5.74, 6) is 0. The van der Waals surface area contributed by atoms with E-state index in [1.807, 2.05) is 13.8 Å². The SMILES string of the molecule is Cc1cc2sc(Br)nc2c(C)c1N. The summed E-state index contributed by atoms with van der Waals surface area (Å²) in [5, 5.41) is 0. The van der Waals surface area contributed by atoms with Crippen LogP contribution in [0.1, 0.15) is 11.1 Å². The lowest BCUT2D eigenvalue weighted by molar-refractivity contribution is 1.37. The van der Waals surface area contributed by atoms with Crippen LogP contribution < -0.4 is 5.73 Å². The number of benzene rings is 1. The molecule has 13 heavy (non-hydrogen) atoms. The number of halogens is 1. The molecule has 4 heteroatoms. The number of hydrogen-bond donors (Lipinski definition) is 1. The van der Waals surface area contributed by atoms with Gasteiger partial charge in [0.1, 0.15) is 0 Å². The molecule has 0 unspecified atom stereocenters. The van der Waals surface area contributed by atoms with Crippen LogP contribution in [0.15, 0.2) is 9.98 Å². The molecule has 0 saturated carbocycles. The van der Waals surface area contributed by atoms with Crippen molar-refractivity contribution in [2.24, 2.45) is 0 Å². The Hall–Kier alpha value is -0.610. The predicted molar refractivity (Wildman–Crippen MR) is 61.2 cm³/mol. The first-order valence-electron chi connectivity index (χ1n) is 3.91. The van der Waals surface area contributed by atoms with Gasteiger partial charge in [-0.05, 0) is 47.0 Å². The van der Waals surface area contributed by atoms with Gasteiger partial charge in [-0.15, -0.1) is 11.3 Å². The van der Waals surface area contributed by atoms with Crippen LogP contribution in [0.25, 0.3) is 10.2 Å². The summed E-state index contributed by atoms with van der Waals surface area (Å²) in [7, 11) is 0. The van der Waals surface area contributed by atoms with E-state index in [0.29, 0.717) is 0 Å². The van der Waals surface area contributed by atoms with Gasteiger partial charge in [0.15, 0.2) is 3.92 Å². The van der Waals surface area contributed by atoms with E-state index >= 15 is 0 Å². The van der Waals surface area contributed by atoms with Crippen LogP contribution in [-0.2, 0) is 0 Å². The van der Waals surface area contributed by atoms with Gasteiger partial charge in [-0.2, -0.15) is 0 Å². The van der Waals surface area contributed by atoms with Crippen LogP contribution in [0.5, 0.6) is 0 Å². The van der Waals surface area contributed by atoms with Gasteiger partial charge >= 0.3 is 0 Å². The number of fused-ring (bicyclic) bond motifs is 1. The molecule has 0 spiro atoms. The first kappa shape index (κ1) is 8.97. The van der Waals surface area contributed by atoms with Crippen molar-refractivity contribution in [1.29, 1.82) is 0 Å². The van der Waals surface area contributed by atoms with Gasteiger partial charge in [0.05, 0.1) is 10.2 Å². The highest BCUT2D eigenvalue weighted by molar-refractivity contribution is 9.11. The van der Waals surface area contributed by atoms with E-state index < -0.39 is 0 Å². The topological polar surface area (TPSA) is 38.9 Å². The number of anilines is 1. The summed E-state index contributed by atoms with van der Waals surface area (Å²) < 4.78 is 2.10. The molecule has 2 rings (SSSR count). The molecule has 0 bridgehead atoms. The molecular weight excluding hydrogens is 248 g/mol. The average Bonchev–Trinajstić information content (AvgIpc) is 2.42. The molecule has 0 amide bonds. The van der Waals surface area contributed by atoms with Gasteiger partial charge in [-0.1, -0.05) is 0 Å². The molecule has 2 nitrogen and oxygen atoms in total. The Morgan fingerprint density at radius 1 is 1.46 bits per heavy atom. The zero-order chi connectivity index (χ0) is 9.59. The minimum Gasteiger partial charge on any atom is -0.398 e. The zero-order valence-electron chi connectivity index (χ0n) is 7.39. The van der Waals surface area contributed by atoms with Crippen LogP contribution in [0, 0.1) is 13.8 Å². The molecule has 1 aromatic heterocycles. The predicted octanol–water partition coefficient (Wildman–Crippen LogP) is 3.26. The highest BCUT2D eigenvalue weighted by Crippen LogP contribution is 2.32. The quantitative estimate of drug-likeness (QED) is 0.736. The first-order chi connectivity index (χ1) is 6.09. The molecular formula is C9H9BrN2S. The highest BCUT2D eigenvalue weighted by atomic mass is 79.9. The van der Waals surface area contributed by atoms with Crippen LogP contribution in [0.4, 0.5) is 5.69 Å². The van der Waals surface area contributed by atoms with Crippen molar-refractivity contribution in [3.8, 4) is 0 Å². The van der Waals surface area contributed by atoms with Crippen LogP contribution in [0.3, 0.4) is 0 Å². The summed E-state index contributed by atoms with van der Waals surface area (Å²) in [6, 6.07) is 2.08. The van der Waals surface area contributed by atoms with Gasteiger partial charge in [-0.25, -0.2) is 4.98 Å². The number of aromatic nitrogens is 1. The lowest BCUT2D eigenvalue weighted by Gasteiger charge is -2.03. The number of hydrogen-bond acceptors (Lipinski definition) is 3. The fourth-order valence-electron chi connectivity index (χ4n) is 1.37. The largest absolute Gasteiger partial charge is 0.398 e. The van der Waals surface area contributed by atoms with Crippen molar-refractivity contribution >= 4 is 43.2 Å². The molecule has 0 aliphatic carbocycles. The molecule has 0 aliphatic rings. The monoisotopic (exact) mass is 256 g/mol. The third kappa shape index (κ3) is 1.34. The van der Waals surface area contributed by atoms with E-state index in [2.05, 4.69) is 27.0 Å². The Morgan fingerprint density at radius 3 is 2.85 bits per heavy atom. The molecule has 0 fully saturated rings. The first-order valence-corrected chi connectivity index (χ1v) is 5.52. The third-order valence-corrected chi connectivity index (χ3v) is 3.61. The number of nitrogens with zero attached hydrogens (tertiary/aromatic N) is 1. The lowest BCUT2D eigenvalue weighted by Crippen LogP contribution is -1.93. The number of aryl methyl sites for hydroxylation is 2. The van der Waals surface area contributed by atoms with E-state index in [-0.39, 0.29) is 0 Å². The van der Waals surface area contributed by atoms with Crippen LogP contribution in [0.2, 0.25) is 0 Å². The van der Waals surface area contributed by atoms with Crippen molar-refractivity contribution in [2.45, 2.75) is 13.8 Å². The smallest absolute Gasteiger partial charge is 0.160 e. The summed E-state index contributed by atoms with van der Waals surface area (Å²) in [6.45, 7) is 4.03. The molecule has 0 saturated heterocycles. The average molecular weight is 257 g/mol. The molecule has 2 aromatic rings. The van der Waals surface area contributed by atoms with Gasteiger partial charge in [0, 0.05) is 5.69 Å². The molecule has 68 valence electrons. The standard InChI is InChI=1S/C9H9BrN2S/c1-4-3-6-8(5(2)7(4)11)12-9(10)13-6/h3H,11H2,1-2H3. The Bertz CT molecular complexity index is 476. The molecule has 1 aromatic carbocycles. The molecule has 2 N–H and O–H groups in total. The Morgan fingerprint density at radius 2 is 2.15 bits per heavy atom. The Labute approximate surface area is 88.9 Å². The lowest BCUT2D eigenvalue weighted by atomic mass is 10.1. The Balaban J connectivity index is 2.92. The van der Waals surface area contributed by atoms with E-state index in [1.54, 1.807) is 11.3 Å². The second-order valence-electron chi connectivity index (χ2n) is 3.05. The molecule has 0 radical (unpaired) electrons. The minimum atomic E-state index is 0.852. The van der Waals surface area contributed by atoms with E-state index in [9.17, 15) is 0 Å². The van der Waals surface area contributed by atoms with Crippen molar-refractivity contribution in [2.75, 3.05) is 5.73 Å². The maximum Gasteiger partial charge on any atom is 0.160 e. The summed E-state index contributed by atoms with van der Waals surface area (Å²) in [5.41, 5.74) is 9.98. The Kier molecular flexibility index (Phi) is 2.04. The fraction of sp³-hybridized carbons (Fsp3) is 0.222. The van der Waals surface area contributed by atoms with Crippen molar-refractivity contribution in [3.05, 3.63) is 21.1 Å².